The number of nitrogens with zero attached hydrogens (tertiary/aromatic N) is 1. The fourth-order valence-electron chi connectivity index (χ4n) is 3.72. The van der Waals surface area contributed by atoms with Crippen molar-refractivity contribution in [3.05, 3.63) is 34.9 Å². The number of hydrogen-bond donors (Lipinski definition) is 1. The van der Waals surface area contributed by atoms with Gasteiger partial charge >= 0.3 is 0 Å². The van der Waals surface area contributed by atoms with E-state index in [1.165, 1.54) is 57.4 Å². The van der Waals surface area contributed by atoms with Crippen LogP contribution in [0.3, 0.4) is 0 Å². The monoisotopic (exact) mass is 278 g/mol. The number of benzene rings is 1. The molecule has 1 N–H and O–H groups in total. The molecule has 2 saturated heterocycles. The van der Waals surface area contributed by atoms with Crippen LogP contribution in [0.5, 0.6) is 0 Å². The van der Waals surface area contributed by atoms with Gasteiger partial charge in [-0.25, -0.2) is 0 Å². The molecule has 2 fully saturated rings. The molecule has 104 valence electrons. The summed E-state index contributed by atoms with van der Waals surface area (Å²) in [7, 11) is 0. The Balaban J connectivity index is 1.65. The normalized spacial score (nSPS) is 28.7. The molecule has 1 unspecified atom stereocenters. The standard InChI is InChI=1S/C16H23ClN2/c17-15-5-1-4-14(10-15)11-19-9-3-7-16(13-19)6-2-8-18-12-16/h1,4-5,10,18H,2-3,6-9,11-13H2. The minimum atomic E-state index is 0.537. The van der Waals surface area contributed by atoms with Gasteiger partial charge in [0.1, 0.15) is 0 Å². The Kier molecular flexibility index (Phi) is 4.11. The van der Waals surface area contributed by atoms with Gasteiger partial charge in [-0.1, -0.05) is 23.7 Å². The number of hydrogen-bond acceptors (Lipinski definition) is 2. The Morgan fingerprint density at radius 1 is 1.26 bits per heavy atom. The first kappa shape index (κ1) is 13.4. The van der Waals surface area contributed by atoms with Gasteiger partial charge < -0.3 is 5.32 Å². The van der Waals surface area contributed by atoms with Crippen LogP contribution in [-0.4, -0.2) is 31.1 Å². The fourth-order valence-corrected chi connectivity index (χ4v) is 3.93. The average molecular weight is 279 g/mol. The Morgan fingerprint density at radius 2 is 2.16 bits per heavy atom. The molecule has 3 rings (SSSR count). The predicted molar refractivity (Wildman–Crippen MR) is 80.5 cm³/mol. The molecule has 0 bridgehead atoms. The van der Waals surface area contributed by atoms with Crippen LogP contribution in [0.15, 0.2) is 24.3 Å². The zero-order valence-electron chi connectivity index (χ0n) is 11.5. The van der Waals surface area contributed by atoms with Crippen molar-refractivity contribution in [2.24, 2.45) is 5.41 Å². The molecule has 0 aliphatic carbocycles. The van der Waals surface area contributed by atoms with E-state index >= 15 is 0 Å². The summed E-state index contributed by atoms with van der Waals surface area (Å²) in [6.07, 6.45) is 5.46. The summed E-state index contributed by atoms with van der Waals surface area (Å²) in [6, 6.07) is 8.29. The summed E-state index contributed by atoms with van der Waals surface area (Å²) in [5.41, 5.74) is 1.88. The maximum atomic E-state index is 6.08. The van der Waals surface area contributed by atoms with Gasteiger partial charge in [-0.05, 0) is 61.9 Å². The van der Waals surface area contributed by atoms with E-state index < -0.39 is 0 Å². The van der Waals surface area contributed by atoms with Gasteiger partial charge in [0, 0.05) is 24.7 Å². The van der Waals surface area contributed by atoms with Crippen LogP contribution < -0.4 is 5.32 Å². The summed E-state index contributed by atoms with van der Waals surface area (Å²) in [5, 5.41) is 4.44. The van der Waals surface area contributed by atoms with Gasteiger partial charge in [0.2, 0.25) is 0 Å². The number of piperidine rings is 2. The molecule has 2 nitrogen and oxygen atoms in total. The average Bonchev–Trinajstić information content (AvgIpc) is 2.40. The van der Waals surface area contributed by atoms with E-state index in [1.54, 1.807) is 0 Å². The van der Waals surface area contributed by atoms with Crippen molar-refractivity contribution in [1.82, 2.24) is 10.2 Å². The zero-order chi connectivity index (χ0) is 13.1. The largest absolute Gasteiger partial charge is 0.316 e. The van der Waals surface area contributed by atoms with E-state index in [1.807, 2.05) is 6.07 Å². The third-order valence-electron chi connectivity index (χ3n) is 4.60. The first-order chi connectivity index (χ1) is 9.26. The SMILES string of the molecule is Clc1cccc(CN2CCCC3(CCCNC3)C2)c1. The van der Waals surface area contributed by atoms with Crippen LogP contribution in [0, 0.1) is 5.41 Å². The van der Waals surface area contributed by atoms with Crippen LogP contribution in [0.25, 0.3) is 0 Å². The zero-order valence-corrected chi connectivity index (χ0v) is 12.3. The van der Waals surface area contributed by atoms with E-state index in [4.69, 9.17) is 11.6 Å². The van der Waals surface area contributed by atoms with E-state index in [0.717, 1.165) is 11.6 Å². The molecular weight excluding hydrogens is 256 g/mol. The maximum Gasteiger partial charge on any atom is 0.0409 e. The minimum Gasteiger partial charge on any atom is -0.316 e. The quantitative estimate of drug-likeness (QED) is 0.893. The maximum absolute atomic E-state index is 6.08. The van der Waals surface area contributed by atoms with Crippen molar-refractivity contribution in [3.63, 3.8) is 0 Å². The van der Waals surface area contributed by atoms with E-state index in [9.17, 15) is 0 Å². The highest BCUT2D eigenvalue weighted by molar-refractivity contribution is 6.30. The number of nitrogens with one attached hydrogen (secondary N) is 1. The predicted octanol–water partition coefficient (Wildman–Crippen LogP) is 3.31. The highest BCUT2D eigenvalue weighted by atomic mass is 35.5. The smallest absolute Gasteiger partial charge is 0.0409 e. The van der Waals surface area contributed by atoms with Crippen molar-refractivity contribution in [2.75, 3.05) is 26.2 Å². The Bertz CT molecular complexity index is 421. The fraction of sp³-hybridized carbons (Fsp3) is 0.625. The first-order valence-electron chi connectivity index (χ1n) is 7.43. The van der Waals surface area contributed by atoms with Crippen LogP contribution in [0.4, 0.5) is 0 Å². The van der Waals surface area contributed by atoms with Gasteiger partial charge in [-0.3, -0.25) is 4.90 Å². The van der Waals surface area contributed by atoms with E-state index in [0.29, 0.717) is 5.41 Å². The molecule has 1 spiro atoms. The number of rotatable bonds is 2. The molecule has 0 amide bonds. The van der Waals surface area contributed by atoms with Gasteiger partial charge in [0.05, 0.1) is 0 Å². The van der Waals surface area contributed by atoms with Crippen molar-refractivity contribution in [2.45, 2.75) is 32.2 Å². The Hall–Kier alpha value is -0.570. The third kappa shape index (κ3) is 3.31. The lowest BCUT2D eigenvalue weighted by Gasteiger charge is -2.45. The number of likely N-dealkylation sites (tertiary alicyclic amines) is 1. The molecule has 2 aliphatic heterocycles. The summed E-state index contributed by atoms with van der Waals surface area (Å²) in [5.74, 6) is 0. The molecule has 3 heteroatoms. The Labute approximate surface area is 121 Å². The highest BCUT2D eigenvalue weighted by Gasteiger charge is 2.36. The summed E-state index contributed by atoms with van der Waals surface area (Å²) >= 11 is 6.08. The second kappa shape index (κ2) is 5.82. The van der Waals surface area contributed by atoms with Crippen LogP contribution >= 0.6 is 11.6 Å². The van der Waals surface area contributed by atoms with Crippen LogP contribution in [-0.2, 0) is 6.54 Å². The van der Waals surface area contributed by atoms with Crippen molar-refractivity contribution in [1.29, 1.82) is 0 Å². The van der Waals surface area contributed by atoms with Crippen LogP contribution in [0.2, 0.25) is 5.02 Å². The van der Waals surface area contributed by atoms with Gasteiger partial charge in [0.25, 0.3) is 0 Å². The minimum absolute atomic E-state index is 0.537. The van der Waals surface area contributed by atoms with Crippen LogP contribution in [0.1, 0.15) is 31.2 Å². The van der Waals surface area contributed by atoms with Gasteiger partial charge in [-0.15, -0.1) is 0 Å². The molecule has 0 radical (unpaired) electrons. The Morgan fingerprint density at radius 3 is 2.95 bits per heavy atom. The second-order valence-electron chi connectivity index (χ2n) is 6.22. The van der Waals surface area contributed by atoms with Gasteiger partial charge in [0.15, 0.2) is 0 Å². The summed E-state index contributed by atoms with van der Waals surface area (Å²) in [4.78, 5) is 2.61. The number of halogens is 1. The molecule has 2 aliphatic rings. The van der Waals surface area contributed by atoms with Crippen molar-refractivity contribution >= 4 is 11.6 Å². The molecular formula is C16H23ClN2. The van der Waals surface area contributed by atoms with E-state index in [2.05, 4.69) is 28.4 Å². The molecule has 1 atom stereocenters. The topological polar surface area (TPSA) is 15.3 Å². The first-order valence-corrected chi connectivity index (χ1v) is 7.81. The second-order valence-corrected chi connectivity index (χ2v) is 6.66. The molecule has 1 aromatic carbocycles. The lowest BCUT2D eigenvalue weighted by molar-refractivity contribution is 0.0601. The summed E-state index contributed by atoms with van der Waals surface area (Å²) in [6.45, 7) is 5.93. The molecule has 2 heterocycles. The summed E-state index contributed by atoms with van der Waals surface area (Å²) < 4.78 is 0. The third-order valence-corrected chi connectivity index (χ3v) is 4.83. The molecule has 0 saturated carbocycles. The van der Waals surface area contributed by atoms with Crippen molar-refractivity contribution < 1.29 is 0 Å². The van der Waals surface area contributed by atoms with E-state index in [-0.39, 0.29) is 0 Å². The molecule has 1 aromatic rings. The van der Waals surface area contributed by atoms with Crippen molar-refractivity contribution in [3.8, 4) is 0 Å². The lowest BCUT2D eigenvalue weighted by atomic mass is 9.74. The lowest BCUT2D eigenvalue weighted by Crippen LogP contribution is -2.50. The molecule has 19 heavy (non-hydrogen) atoms. The highest BCUT2D eigenvalue weighted by Crippen LogP contribution is 2.36. The van der Waals surface area contributed by atoms with Gasteiger partial charge in [-0.2, -0.15) is 0 Å². The molecule has 0 aromatic heterocycles.